The van der Waals surface area contributed by atoms with Crippen molar-refractivity contribution in [2.45, 2.75) is 0 Å². The van der Waals surface area contributed by atoms with Crippen LogP contribution in [0.1, 0.15) is 10.4 Å². The van der Waals surface area contributed by atoms with Gasteiger partial charge in [-0.05, 0) is 18.2 Å². The van der Waals surface area contributed by atoms with Gasteiger partial charge < -0.3 is 5.73 Å². The summed E-state index contributed by atoms with van der Waals surface area (Å²) in [5.41, 5.74) is 7.47. The molecule has 3 aromatic rings. The van der Waals surface area contributed by atoms with E-state index < -0.39 is 5.91 Å². The summed E-state index contributed by atoms with van der Waals surface area (Å²) in [6.07, 6.45) is 1.67. The van der Waals surface area contributed by atoms with E-state index in [4.69, 9.17) is 5.73 Å². The number of carbonyl (C=O) groups excluding carboxylic acids is 1. The van der Waals surface area contributed by atoms with E-state index in [2.05, 4.69) is 11.1 Å². The van der Waals surface area contributed by atoms with Gasteiger partial charge in [0, 0.05) is 27.2 Å². The number of hydrogen-bond acceptors (Lipinski definition) is 3. The molecule has 0 aliphatic carbocycles. The molecule has 88 valence electrons. The van der Waals surface area contributed by atoms with Gasteiger partial charge in [-0.3, -0.25) is 9.78 Å². The number of nitrogens with zero attached hydrogens (tertiary/aromatic N) is 1. The SMILES string of the molecule is NC(=O)c1cccnc1-c1csc2ccccc12. The van der Waals surface area contributed by atoms with E-state index in [0.717, 1.165) is 10.9 Å². The van der Waals surface area contributed by atoms with Crippen molar-refractivity contribution in [1.29, 1.82) is 0 Å². The predicted octanol–water partition coefficient (Wildman–Crippen LogP) is 3.06. The Bertz CT molecular complexity index is 733. The number of carbonyl (C=O) groups is 1. The normalized spacial score (nSPS) is 10.7. The van der Waals surface area contributed by atoms with Crippen LogP contribution in [0.15, 0.2) is 48.0 Å². The van der Waals surface area contributed by atoms with Gasteiger partial charge in [0.05, 0.1) is 11.3 Å². The molecule has 0 aliphatic rings. The lowest BCUT2D eigenvalue weighted by Crippen LogP contribution is -2.12. The Morgan fingerprint density at radius 1 is 1.17 bits per heavy atom. The monoisotopic (exact) mass is 254 g/mol. The second-order valence-corrected chi connectivity index (χ2v) is 4.82. The Kier molecular flexibility index (Phi) is 2.57. The quantitative estimate of drug-likeness (QED) is 0.764. The maximum Gasteiger partial charge on any atom is 0.250 e. The Balaban J connectivity index is 2.30. The summed E-state index contributed by atoms with van der Waals surface area (Å²) in [5, 5.41) is 3.11. The predicted molar refractivity (Wildman–Crippen MR) is 73.6 cm³/mol. The first kappa shape index (κ1) is 10.9. The molecule has 2 heterocycles. The van der Waals surface area contributed by atoms with E-state index >= 15 is 0 Å². The number of hydrogen-bond donors (Lipinski definition) is 1. The fraction of sp³-hybridized carbons (Fsp3) is 0. The maximum absolute atomic E-state index is 11.4. The summed E-state index contributed by atoms with van der Waals surface area (Å²) >= 11 is 1.64. The molecule has 0 saturated carbocycles. The molecule has 0 atom stereocenters. The van der Waals surface area contributed by atoms with Crippen molar-refractivity contribution in [2.75, 3.05) is 0 Å². The number of nitrogens with two attached hydrogens (primary N) is 1. The minimum absolute atomic E-state index is 0.451. The highest BCUT2D eigenvalue weighted by Gasteiger charge is 2.14. The largest absolute Gasteiger partial charge is 0.366 e. The molecule has 0 radical (unpaired) electrons. The number of benzene rings is 1. The lowest BCUT2D eigenvalue weighted by Gasteiger charge is -2.04. The number of pyridine rings is 1. The standard InChI is InChI=1S/C14H10N2OS/c15-14(17)10-5-3-7-16-13(10)11-8-18-12-6-2-1-4-9(11)12/h1-8H,(H2,15,17). The Hall–Kier alpha value is -2.20. The molecule has 0 bridgehead atoms. The van der Waals surface area contributed by atoms with Crippen LogP contribution in [-0.2, 0) is 0 Å². The van der Waals surface area contributed by atoms with Gasteiger partial charge in [-0.15, -0.1) is 11.3 Å². The molecule has 1 amide bonds. The molecule has 3 nitrogen and oxygen atoms in total. The number of rotatable bonds is 2. The molecule has 0 saturated heterocycles. The number of fused-ring (bicyclic) bond motifs is 1. The molecule has 0 fully saturated rings. The van der Waals surface area contributed by atoms with Gasteiger partial charge in [0.1, 0.15) is 0 Å². The van der Waals surface area contributed by atoms with Crippen LogP contribution in [0.25, 0.3) is 21.3 Å². The molecular formula is C14H10N2OS. The molecule has 18 heavy (non-hydrogen) atoms. The minimum Gasteiger partial charge on any atom is -0.366 e. The van der Waals surface area contributed by atoms with E-state index in [-0.39, 0.29) is 0 Å². The number of amides is 1. The summed E-state index contributed by atoms with van der Waals surface area (Å²) in [7, 11) is 0. The molecule has 0 aliphatic heterocycles. The summed E-state index contributed by atoms with van der Waals surface area (Å²) in [4.78, 5) is 15.7. The van der Waals surface area contributed by atoms with Crippen LogP contribution in [0.4, 0.5) is 0 Å². The van der Waals surface area contributed by atoms with Crippen LogP contribution in [-0.4, -0.2) is 10.9 Å². The van der Waals surface area contributed by atoms with Crippen molar-refractivity contribution in [1.82, 2.24) is 4.98 Å². The van der Waals surface area contributed by atoms with Gasteiger partial charge in [-0.25, -0.2) is 0 Å². The minimum atomic E-state index is -0.451. The van der Waals surface area contributed by atoms with Crippen LogP contribution in [0.5, 0.6) is 0 Å². The van der Waals surface area contributed by atoms with Crippen LogP contribution < -0.4 is 5.73 Å². The molecule has 2 N–H and O–H groups in total. The van der Waals surface area contributed by atoms with E-state index in [1.54, 1.807) is 29.7 Å². The first-order chi connectivity index (χ1) is 8.77. The van der Waals surface area contributed by atoms with Gasteiger partial charge in [0.15, 0.2) is 0 Å². The third-order valence-electron chi connectivity index (χ3n) is 2.81. The molecule has 0 spiro atoms. The number of primary amides is 1. The van der Waals surface area contributed by atoms with Gasteiger partial charge in [-0.2, -0.15) is 0 Å². The van der Waals surface area contributed by atoms with E-state index in [9.17, 15) is 4.79 Å². The van der Waals surface area contributed by atoms with Crippen molar-refractivity contribution in [2.24, 2.45) is 5.73 Å². The summed E-state index contributed by atoms with van der Waals surface area (Å²) in [6, 6.07) is 11.5. The van der Waals surface area contributed by atoms with Crippen molar-refractivity contribution < 1.29 is 4.79 Å². The molecule has 0 unspecified atom stereocenters. The zero-order valence-corrected chi connectivity index (χ0v) is 10.3. The van der Waals surface area contributed by atoms with E-state index in [1.165, 1.54) is 4.70 Å². The van der Waals surface area contributed by atoms with Crippen molar-refractivity contribution in [3.8, 4) is 11.3 Å². The molecule has 3 rings (SSSR count). The fourth-order valence-corrected chi connectivity index (χ4v) is 2.93. The molecule has 4 heteroatoms. The average Bonchev–Trinajstić information content (AvgIpc) is 2.82. The maximum atomic E-state index is 11.4. The lowest BCUT2D eigenvalue weighted by atomic mass is 10.0. The highest BCUT2D eigenvalue weighted by Crippen LogP contribution is 2.34. The van der Waals surface area contributed by atoms with Gasteiger partial charge in [0.25, 0.3) is 5.91 Å². The van der Waals surface area contributed by atoms with Gasteiger partial charge >= 0.3 is 0 Å². The Morgan fingerprint density at radius 3 is 2.83 bits per heavy atom. The first-order valence-electron chi connectivity index (χ1n) is 5.49. The third kappa shape index (κ3) is 1.67. The molecule has 1 aromatic carbocycles. The first-order valence-corrected chi connectivity index (χ1v) is 6.37. The Labute approximate surface area is 108 Å². The summed E-state index contributed by atoms with van der Waals surface area (Å²) in [5.74, 6) is -0.451. The average molecular weight is 254 g/mol. The van der Waals surface area contributed by atoms with Crippen LogP contribution in [0, 0.1) is 0 Å². The summed E-state index contributed by atoms with van der Waals surface area (Å²) < 4.78 is 1.17. The lowest BCUT2D eigenvalue weighted by molar-refractivity contribution is 0.100. The highest BCUT2D eigenvalue weighted by molar-refractivity contribution is 7.17. The Morgan fingerprint density at radius 2 is 2.00 bits per heavy atom. The van der Waals surface area contributed by atoms with Crippen molar-refractivity contribution in [3.63, 3.8) is 0 Å². The zero-order valence-electron chi connectivity index (χ0n) is 9.46. The van der Waals surface area contributed by atoms with Gasteiger partial charge in [-0.1, -0.05) is 18.2 Å². The summed E-state index contributed by atoms with van der Waals surface area (Å²) in [6.45, 7) is 0. The van der Waals surface area contributed by atoms with Crippen LogP contribution in [0.3, 0.4) is 0 Å². The topological polar surface area (TPSA) is 56.0 Å². The van der Waals surface area contributed by atoms with Gasteiger partial charge in [0.2, 0.25) is 0 Å². The second-order valence-electron chi connectivity index (χ2n) is 3.91. The van der Waals surface area contributed by atoms with E-state index in [0.29, 0.717) is 11.3 Å². The highest BCUT2D eigenvalue weighted by atomic mass is 32.1. The van der Waals surface area contributed by atoms with Crippen LogP contribution in [0.2, 0.25) is 0 Å². The van der Waals surface area contributed by atoms with Crippen LogP contribution >= 0.6 is 11.3 Å². The number of aromatic nitrogens is 1. The zero-order chi connectivity index (χ0) is 12.5. The number of thiophene rings is 1. The molecular weight excluding hydrogens is 244 g/mol. The third-order valence-corrected chi connectivity index (χ3v) is 3.77. The van der Waals surface area contributed by atoms with Crippen molar-refractivity contribution in [3.05, 3.63) is 53.5 Å². The second kappa shape index (κ2) is 4.23. The van der Waals surface area contributed by atoms with Crippen molar-refractivity contribution >= 4 is 27.3 Å². The fourth-order valence-electron chi connectivity index (χ4n) is 1.98. The smallest absolute Gasteiger partial charge is 0.250 e. The van der Waals surface area contributed by atoms with E-state index in [1.807, 2.05) is 23.6 Å². The molecule has 2 aromatic heterocycles.